The minimum atomic E-state index is -0.846. The van der Waals surface area contributed by atoms with Crippen LogP contribution in [0.4, 0.5) is 0 Å². The molecule has 1 aromatic rings. The van der Waals surface area contributed by atoms with Crippen LogP contribution in [0.2, 0.25) is 0 Å². The first-order valence-electron chi connectivity index (χ1n) is 6.39. The van der Waals surface area contributed by atoms with E-state index in [4.69, 9.17) is 0 Å². The molecular formula is C13H20N4O2. The van der Waals surface area contributed by atoms with Crippen molar-refractivity contribution in [1.82, 2.24) is 20.0 Å². The van der Waals surface area contributed by atoms with Crippen LogP contribution in [0.15, 0.2) is 6.07 Å². The molecule has 0 aliphatic carbocycles. The highest BCUT2D eigenvalue weighted by molar-refractivity contribution is 5.92. The van der Waals surface area contributed by atoms with Crippen LogP contribution in [0.25, 0.3) is 0 Å². The minimum Gasteiger partial charge on any atom is -0.342 e. The van der Waals surface area contributed by atoms with Crippen LogP contribution in [0.5, 0.6) is 0 Å². The zero-order chi connectivity index (χ0) is 14.2. The van der Waals surface area contributed by atoms with Crippen LogP contribution in [0.1, 0.15) is 31.7 Å². The third-order valence-electron chi connectivity index (χ3n) is 3.33. The van der Waals surface area contributed by atoms with Gasteiger partial charge in [0.2, 0.25) is 11.8 Å². The number of amides is 2. The number of rotatable bonds is 2. The van der Waals surface area contributed by atoms with E-state index in [2.05, 4.69) is 10.4 Å². The lowest BCUT2D eigenvalue weighted by Gasteiger charge is -2.28. The molecule has 6 nitrogen and oxygen atoms in total. The molecule has 1 fully saturated rings. The van der Waals surface area contributed by atoms with E-state index in [1.165, 1.54) is 0 Å². The van der Waals surface area contributed by atoms with E-state index in [-0.39, 0.29) is 11.8 Å². The summed E-state index contributed by atoms with van der Waals surface area (Å²) >= 11 is 0. The molecule has 2 amide bonds. The van der Waals surface area contributed by atoms with Gasteiger partial charge in [-0.15, -0.1) is 0 Å². The maximum Gasteiger partial charge on any atom is 0.248 e. The third kappa shape index (κ3) is 2.77. The van der Waals surface area contributed by atoms with Crippen LogP contribution >= 0.6 is 0 Å². The Balaban J connectivity index is 2.21. The van der Waals surface area contributed by atoms with Crippen molar-refractivity contribution in [3.05, 3.63) is 17.5 Å². The largest absolute Gasteiger partial charge is 0.342 e. The Bertz CT molecular complexity index is 519. The first-order chi connectivity index (χ1) is 8.79. The maximum atomic E-state index is 12.4. The monoisotopic (exact) mass is 264 g/mol. The molecule has 2 heterocycles. The molecule has 0 unspecified atom stereocenters. The van der Waals surface area contributed by atoms with Crippen LogP contribution in [0, 0.1) is 6.92 Å². The SMILES string of the molecule is Cc1cc(CN2CCC(=O)NC(C)(C)C2=O)n(C)n1. The fourth-order valence-electron chi connectivity index (χ4n) is 2.36. The normalized spacial score (nSPS) is 19.3. The smallest absolute Gasteiger partial charge is 0.248 e. The fraction of sp³-hybridized carbons (Fsp3) is 0.615. The molecule has 0 saturated carbocycles. The van der Waals surface area contributed by atoms with Gasteiger partial charge in [0.05, 0.1) is 17.9 Å². The first-order valence-corrected chi connectivity index (χ1v) is 6.39. The van der Waals surface area contributed by atoms with Crippen molar-refractivity contribution >= 4 is 11.8 Å². The third-order valence-corrected chi connectivity index (χ3v) is 3.33. The van der Waals surface area contributed by atoms with Gasteiger partial charge < -0.3 is 10.2 Å². The zero-order valence-corrected chi connectivity index (χ0v) is 11.9. The standard InChI is InChI=1S/C13H20N4O2/c1-9-7-10(16(4)15-9)8-17-6-5-11(18)14-13(2,3)12(17)19/h7H,5-6,8H2,1-4H3,(H,14,18). The number of carbonyl (C=O) groups is 2. The second-order valence-electron chi connectivity index (χ2n) is 5.55. The summed E-state index contributed by atoms with van der Waals surface area (Å²) < 4.78 is 1.77. The molecule has 1 N–H and O–H groups in total. The lowest BCUT2D eigenvalue weighted by molar-refractivity contribution is -0.137. The average molecular weight is 264 g/mol. The van der Waals surface area contributed by atoms with Gasteiger partial charge >= 0.3 is 0 Å². The zero-order valence-electron chi connectivity index (χ0n) is 11.9. The van der Waals surface area contributed by atoms with Crippen LogP contribution in [0.3, 0.4) is 0 Å². The maximum absolute atomic E-state index is 12.4. The molecule has 1 aromatic heterocycles. The Kier molecular flexibility index (Phi) is 3.34. The van der Waals surface area contributed by atoms with Crippen molar-refractivity contribution in [2.75, 3.05) is 6.54 Å². The molecule has 2 rings (SSSR count). The van der Waals surface area contributed by atoms with Crippen LogP contribution in [-0.2, 0) is 23.2 Å². The lowest BCUT2D eigenvalue weighted by Crippen LogP contribution is -2.52. The van der Waals surface area contributed by atoms with Crippen molar-refractivity contribution in [2.45, 2.75) is 39.3 Å². The predicted molar refractivity (Wildman–Crippen MR) is 70.2 cm³/mol. The summed E-state index contributed by atoms with van der Waals surface area (Å²) in [5.74, 6) is -0.140. The van der Waals surface area contributed by atoms with Crippen LogP contribution < -0.4 is 5.32 Å². The molecule has 6 heteroatoms. The van der Waals surface area contributed by atoms with Gasteiger partial charge in [0.1, 0.15) is 5.54 Å². The molecule has 0 aromatic carbocycles. The summed E-state index contributed by atoms with van der Waals surface area (Å²) in [6.07, 6.45) is 0.339. The molecule has 1 aliphatic heterocycles. The molecule has 0 atom stereocenters. The number of aromatic nitrogens is 2. The summed E-state index contributed by atoms with van der Waals surface area (Å²) in [6.45, 7) is 6.32. The number of hydrogen-bond acceptors (Lipinski definition) is 3. The molecule has 1 aliphatic rings. The van der Waals surface area contributed by atoms with Crippen molar-refractivity contribution < 1.29 is 9.59 Å². The van der Waals surface area contributed by atoms with Gasteiger partial charge in [-0.1, -0.05) is 0 Å². The Morgan fingerprint density at radius 2 is 2.11 bits per heavy atom. The number of hydrogen-bond donors (Lipinski definition) is 1. The van der Waals surface area contributed by atoms with Crippen molar-refractivity contribution in [1.29, 1.82) is 0 Å². The Hall–Kier alpha value is -1.85. The van der Waals surface area contributed by atoms with Crippen molar-refractivity contribution in [3.8, 4) is 0 Å². The molecule has 1 saturated heterocycles. The predicted octanol–water partition coefficient (Wildman–Crippen LogP) is 0.356. The quantitative estimate of drug-likeness (QED) is 0.838. The Morgan fingerprint density at radius 3 is 2.68 bits per heavy atom. The molecular weight excluding hydrogens is 244 g/mol. The Morgan fingerprint density at radius 1 is 1.42 bits per heavy atom. The highest BCUT2D eigenvalue weighted by atomic mass is 16.2. The number of aryl methyl sites for hydroxylation is 2. The van der Waals surface area contributed by atoms with E-state index in [0.29, 0.717) is 19.5 Å². The van der Waals surface area contributed by atoms with E-state index in [0.717, 1.165) is 11.4 Å². The van der Waals surface area contributed by atoms with Gasteiger partial charge in [-0.2, -0.15) is 5.10 Å². The van der Waals surface area contributed by atoms with Gasteiger partial charge in [-0.25, -0.2) is 0 Å². The van der Waals surface area contributed by atoms with Gasteiger partial charge in [-0.3, -0.25) is 14.3 Å². The van der Waals surface area contributed by atoms with Crippen molar-refractivity contribution in [3.63, 3.8) is 0 Å². The van der Waals surface area contributed by atoms with Gasteiger partial charge in [0.15, 0.2) is 0 Å². The van der Waals surface area contributed by atoms with E-state index >= 15 is 0 Å². The summed E-state index contributed by atoms with van der Waals surface area (Å²) in [5, 5.41) is 7.02. The lowest BCUT2D eigenvalue weighted by atomic mass is 10.0. The highest BCUT2D eigenvalue weighted by Crippen LogP contribution is 2.16. The summed E-state index contributed by atoms with van der Waals surface area (Å²) in [6, 6.07) is 1.96. The summed E-state index contributed by atoms with van der Waals surface area (Å²) in [7, 11) is 1.86. The van der Waals surface area contributed by atoms with Gasteiger partial charge in [0.25, 0.3) is 0 Å². The van der Waals surface area contributed by atoms with E-state index in [1.54, 1.807) is 23.4 Å². The summed E-state index contributed by atoms with van der Waals surface area (Å²) in [4.78, 5) is 25.7. The molecule has 19 heavy (non-hydrogen) atoms. The van der Waals surface area contributed by atoms with E-state index in [1.807, 2.05) is 20.0 Å². The highest BCUT2D eigenvalue weighted by Gasteiger charge is 2.36. The van der Waals surface area contributed by atoms with Crippen molar-refractivity contribution in [2.24, 2.45) is 7.05 Å². The second kappa shape index (κ2) is 4.68. The number of nitrogens with zero attached hydrogens (tertiary/aromatic N) is 3. The molecule has 0 radical (unpaired) electrons. The second-order valence-corrected chi connectivity index (χ2v) is 5.55. The van der Waals surface area contributed by atoms with Crippen LogP contribution in [-0.4, -0.2) is 38.6 Å². The average Bonchev–Trinajstić information content (AvgIpc) is 2.56. The number of nitrogens with one attached hydrogen (secondary N) is 1. The number of carbonyl (C=O) groups excluding carboxylic acids is 2. The summed E-state index contributed by atoms with van der Waals surface area (Å²) in [5.41, 5.74) is 1.05. The fourth-order valence-corrected chi connectivity index (χ4v) is 2.36. The van der Waals surface area contributed by atoms with Gasteiger partial charge in [0, 0.05) is 20.0 Å². The Labute approximate surface area is 112 Å². The molecule has 0 bridgehead atoms. The van der Waals surface area contributed by atoms with Gasteiger partial charge in [-0.05, 0) is 26.8 Å². The molecule has 104 valence electrons. The van der Waals surface area contributed by atoms with E-state index in [9.17, 15) is 9.59 Å². The first kappa shape index (κ1) is 13.6. The van der Waals surface area contributed by atoms with E-state index < -0.39 is 5.54 Å². The molecule has 0 spiro atoms. The topological polar surface area (TPSA) is 67.2 Å². The minimum absolute atomic E-state index is 0.0581.